The number of hydrogen-bond donors (Lipinski definition) is 4. The molecule has 0 bridgehead atoms. The molecular weight excluding hydrogens is 374 g/mol. The van der Waals surface area contributed by atoms with Crippen LogP contribution in [0.15, 0.2) is 65.2 Å². The number of rotatable bonds is 6. The van der Waals surface area contributed by atoms with Gasteiger partial charge in [-0.3, -0.25) is 9.35 Å². The lowest BCUT2D eigenvalue weighted by Crippen LogP contribution is -2.14. The fraction of sp³-hybridized carbons (Fsp3) is 0. The molecule has 27 heavy (non-hydrogen) atoms. The smallest absolute Gasteiger partial charge is 0.335 e. The first-order valence-electron chi connectivity index (χ1n) is 7.30. The Morgan fingerprint density at radius 3 is 2.30 bits per heavy atom. The van der Waals surface area contributed by atoms with Gasteiger partial charge in [0, 0.05) is 17.6 Å². The number of carbonyl (C=O) groups is 2. The van der Waals surface area contributed by atoms with Crippen LogP contribution in [0, 0.1) is 11.3 Å². The maximum atomic E-state index is 12.1. The van der Waals surface area contributed by atoms with Gasteiger partial charge >= 0.3 is 5.97 Å². The van der Waals surface area contributed by atoms with E-state index in [1.165, 1.54) is 30.3 Å². The number of hydrogen-bond acceptors (Lipinski definition) is 6. The molecule has 0 saturated heterocycles. The Kier molecular flexibility index (Phi) is 5.92. The highest BCUT2D eigenvalue weighted by Gasteiger charge is 2.12. The minimum absolute atomic E-state index is 0.0373. The average Bonchev–Trinajstić information content (AvgIpc) is 2.62. The van der Waals surface area contributed by atoms with E-state index in [4.69, 9.17) is 14.9 Å². The van der Waals surface area contributed by atoms with E-state index in [1.807, 2.05) is 0 Å². The van der Waals surface area contributed by atoms with Crippen molar-refractivity contribution in [3.05, 3.63) is 65.9 Å². The van der Waals surface area contributed by atoms with Crippen LogP contribution in [-0.2, 0) is 14.9 Å². The molecule has 0 saturated carbocycles. The first-order valence-corrected chi connectivity index (χ1v) is 8.74. The summed E-state index contributed by atoms with van der Waals surface area (Å²) in [4.78, 5) is 22.7. The van der Waals surface area contributed by atoms with E-state index in [1.54, 1.807) is 12.1 Å². The molecule has 138 valence electrons. The van der Waals surface area contributed by atoms with Gasteiger partial charge < -0.3 is 15.7 Å². The fourth-order valence-corrected chi connectivity index (χ4v) is 2.43. The van der Waals surface area contributed by atoms with Crippen molar-refractivity contribution in [2.24, 2.45) is 0 Å². The molecule has 0 aromatic heterocycles. The van der Waals surface area contributed by atoms with E-state index in [0.717, 1.165) is 18.3 Å². The maximum Gasteiger partial charge on any atom is 0.335 e. The number of aromatic carboxylic acids is 1. The number of anilines is 2. The van der Waals surface area contributed by atoms with E-state index >= 15 is 0 Å². The fourth-order valence-electron chi connectivity index (χ4n) is 1.95. The number of nitrogens with one attached hydrogen (secondary N) is 2. The van der Waals surface area contributed by atoms with Crippen LogP contribution in [0.5, 0.6) is 0 Å². The van der Waals surface area contributed by atoms with Gasteiger partial charge in [0.1, 0.15) is 11.6 Å². The first kappa shape index (κ1) is 19.6. The quantitative estimate of drug-likeness (QED) is 0.333. The highest BCUT2D eigenvalue weighted by molar-refractivity contribution is 7.85. The molecule has 2 aromatic rings. The molecule has 0 spiro atoms. The van der Waals surface area contributed by atoms with Gasteiger partial charge in [0.25, 0.3) is 16.0 Å². The summed E-state index contributed by atoms with van der Waals surface area (Å²) >= 11 is 0. The van der Waals surface area contributed by atoms with Gasteiger partial charge in [0.2, 0.25) is 0 Å². The summed E-state index contributed by atoms with van der Waals surface area (Å²) in [5.74, 6) is -1.88. The molecule has 0 aliphatic carbocycles. The van der Waals surface area contributed by atoms with Crippen molar-refractivity contribution < 1.29 is 27.7 Å². The number of benzene rings is 2. The van der Waals surface area contributed by atoms with Gasteiger partial charge in [-0.2, -0.15) is 13.7 Å². The summed E-state index contributed by atoms with van der Waals surface area (Å²) in [6.07, 6.45) is 1.11. The third-order valence-corrected chi connectivity index (χ3v) is 4.14. The highest BCUT2D eigenvalue weighted by atomic mass is 32.2. The summed E-state index contributed by atoms with van der Waals surface area (Å²) in [5, 5.41) is 23.1. The number of carboxylic acid groups (broad SMARTS) is 1. The Morgan fingerprint density at radius 1 is 1.07 bits per heavy atom. The van der Waals surface area contributed by atoms with Crippen molar-refractivity contribution in [3.8, 4) is 6.07 Å². The number of nitrogens with zero attached hydrogens (tertiary/aromatic N) is 1. The summed E-state index contributed by atoms with van der Waals surface area (Å²) < 4.78 is 30.9. The molecule has 0 radical (unpaired) electrons. The Labute approximate surface area is 154 Å². The van der Waals surface area contributed by atoms with Gasteiger partial charge in [0.05, 0.1) is 10.5 Å². The van der Waals surface area contributed by atoms with Gasteiger partial charge in [0.15, 0.2) is 0 Å². The highest BCUT2D eigenvalue weighted by Crippen LogP contribution is 2.15. The Bertz CT molecular complexity index is 1050. The Hall–Kier alpha value is -3.68. The molecule has 0 fully saturated rings. The standard InChI is InChI=1S/C17H13N3O6S/c18-9-12(10-19-14-3-1-2-11(8-14)17(22)23)16(21)20-13-4-6-15(7-5-13)27(24,25)26/h1-8,10,19H,(H,20,21)(H,22,23)(H,24,25,26)/b12-10-. The second-order valence-corrected chi connectivity index (χ2v) is 6.58. The number of amides is 1. The number of carbonyl (C=O) groups excluding carboxylic acids is 1. The SMILES string of the molecule is N#C/C(=C/Nc1cccc(C(=O)O)c1)C(=O)Nc1ccc(S(=O)(=O)O)cc1. The van der Waals surface area contributed by atoms with Gasteiger partial charge in [-0.1, -0.05) is 6.07 Å². The Balaban J connectivity index is 2.11. The molecule has 0 unspecified atom stereocenters. The van der Waals surface area contributed by atoms with Crippen LogP contribution in [0.3, 0.4) is 0 Å². The minimum Gasteiger partial charge on any atom is -0.478 e. The van der Waals surface area contributed by atoms with E-state index < -0.39 is 22.0 Å². The van der Waals surface area contributed by atoms with Crippen LogP contribution < -0.4 is 10.6 Å². The predicted molar refractivity (Wildman–Crippen MR) is 95.6 cm³/mol. The Morgan fingerprint density at radius 2 is 1.74 bits per heavy atom. The number of nitriles is 1. The molecule has 0 heterocycles. The molecule has 2 aromatic carbocycles. The molecular formula is C17H13N3O6S. The third-order valence-electron chi connectivity index (χ3n) is 3.27. The first-order chi connectivity index (χ1) is 12.7. The van der Waals surface area contributed by atoms with Crippen molar-refractivity contribution in [3.63, 3.8) is 0 Å². The van der Waals surface area contributed by atoms with Gasteiger partial charge in [-0.25, -0.2) is 4.79 Å². The van der Waals surface area contributed by atoms with E-state index in [9.17, 15) is 18.0 Å². The van der Waals surface area contributed by atoms with Gasteiger partial charge in [-0.05, 0) is 42.5 Å². The minimum atomic E-state index is -4.35. The summed E-state index contributed by atoms with van der Waals surface area (Å²) in [6.45, 7) is 0. The predicted octanol–water partition coefficient (Wildman–Crippen LogP) is 2.09. The topological polar surface area (TPSA) is 157 Å². The van der Waals surface area contributed by atoms with Crippen LogP contribution in [0.2, 0.25) is 0 Å². The van der Waals surface area contributed by atoms with Crippen LogP contribution in [0.1, 0.15) is 10.4 Å². The number of carboxylic acids is 1. The lowest BCUT2D eigenvalue weighted by molar-refractivity contribution is -0.112. The largest absolute Gasteiger partial charge is 0.478 e. The van der Waals surface area contributed by atoms with E-state index in [2.05, 4.69) is 10.6 Å². The summed E-state index contributed by atoms with van der Waals surface area (Å²) in [5.41, 5.74) is 0.319. The van der Waals surface area contributed by atoms with Crippen LogP contribution in [-0.4, -0.2) is 30.0 Å². The lowest BCUT2D eigenvalue weighted by atomic mass is 10.2. The molecule has 1 amide bonds. The van der Waals surface area contributed by atoms with Crippen molar-refractivity contribution in [1.82, 2.24) is 0 Å². The second kappa shape index (κ2) is 8.13. The van der Waals surface area contributed by atoms with Crippen LogP contribution in [0.4, 0.5) is 11.4 Å². The summed E-state index contributed by atoms with van der Waals surface area (Å²) in [7, 11) is -4.35. The molecule has 0 aliphatic rings. The normalized spacial score (nSPS) is 11.3. The molecule has 0 atom stereocenters. The zero-order chi connectivity index (χ0) is 20.0. The van der Waals surface area contributed by atoms with E-state index in [0.29, 0.717) is 5.69 Å². The zero-order valence-corrected chi connectivity index (χ0v) is 14.4. The monoisotopic (exact) mass is 387 g/mol. The zero-order valence-electron chi connectivity index (χ0n) is 13.6. The molecule has 4 N–H and O–H groups in total. The molecule has 0 aliphatic heterocycles. The average molecular weight is 387 g/mol. The van der Waals surface area contributed by atoms with Crippen molar-refractivity contribution >= 4 is 33.4 Å². The van der Waals surface area contributed by atoms with Crippen molar-refractivity contribution in [1.29, 1.82) is 5.26 Å². The second-order valence-electron chi connectivity index (χ2n) is 5.15. The third kappa shape index (κ3) is 5.40. The molecule has 2 rings (SSSR count). The summed E-state index contributed by atoms with van der Waals surface area (Å²) in [6, 6.07) is 12.2. The van der Waals surface area contributed by atoms with E-state index in [-0.39, 0.29) is 21.7 Å². The maximum absolute atomic E-state index is 12.1. The van der Waals surface area contributed by atoms with Gasteiger partial charge in [-0.15, -0.1) is 0 Å². The van der Waals surface area contributed by atoms with Crippen LogP contribution >= 0.6 is 0 Å². The molecule has 10 heteroatoms. The van der Waals surface area contributed by atoms with Crippen LogP contribution in [0.25, 0.3) is 0 Å². The lowest BCUT2D eigenvalue weighted by Gasteiger charge is -2.06. The van der Waals surface area contributed by atoms with Crippen molar-refractivity contribution in [2.45, 2.75) is 4.90 Å². The van der Waals surface area contributed by atoms with Crippen molar-refractivity contribution in [2.75, 3.05) is 10.6 Å². The molecule has 9 nitrogen and oxygen atoms in total.